The van der Waals surface area contributed by atoms with Crippen LogP contribution in [0.15, 0.2) is 66.7 Å². The van der Waals surface area contributed by atoms with E-state index in [-0.39, 0.29) is 5.78 Å². The Morgan fingerprint density at radius 2 is 1.57 bits per heavy atom. The van der Waals surface area contributed by atoms with E-state index in [1.807, 2.05) is 18.2 Å². The van der Waals surface area contributed by atoms with Crippen LogP contribution in [0.4, 0.5) is 0 Å². The first-order valence-electron chi connectivity index (χ1n) is 8.01. The van der Waals surface area contributed by atoms with Crippen LogP contribution < -0.4 is 0 Å². The SMILES string of the molecule is Cc1ccc(Cc2cccc3c2C(=O)c2ccccc2C3)cc1. The first-order chi connectivity index (χ1) is 11.2. The van der Waals surface area contributed by atoms with Crippen LogP contribution in [0, 0.1) is 6.92 Å². The molecule has 0 amide bonds. The Labute approximate surface area is 136 Å². The Bertz CT molecular complexity index is 888. The van der Waals surface area contributed by atoms with Gasteiger partial charge in [-0.1, -0.05) is 72.3 Å². The number of rotatable bonds is 2. The molecule has 0 saturated carbocycles. The lowest BCUT2D eigenvalue weighted by Gasteiger charge is -2.21. The van der Waals surface area contributed by atoms with Crippen LogP contribution in [-0.2, 0) is 12.8 Å². The van der Waals surface area contributed by atoms with Crippen molar-refractivity contribution >= 4 is 5.78 Å². The summed E-state index contributed by atoms with van der Waals surface area (Å²) in [6, 6.07) is 22.8. The number of aryl methyl sites for hydroxylation is 1. The molecule has 3 aromatic rings. The second kappa shape index (κ2) is 5.51. The van der Waals surface area contributed by atoms with E-state index in [0.29, 0.717) is 0 Å². The Morgan fingerprint density at radius 3 is 2.39 bits per heavy atom. The van der Waals surface area contributed by atoms with Crippen molar-refractivity contribution in [3.63, 3.8) is 0 Å². The summed E-state index contributed by atoms with van der Waals surface area (Å²) in [5.74, 6) is 0.171. The summed E-state index contributed by atoms with van der Waals surface area (Å²) < 4.78 is 0. The van der Waals surface area contributed by atoms with E-state index in [9.17, 15) is 4.79 Å². The number of benzene rings is 3. The minimum Gasteiger partial charge on any atom is -0.289 e. The van der Waals surface area contributed by atoms with Crippen LogP contribution in [-0.4, -0.2) is 5.78 Å². The number of hydrogen-bond acceptors (Lipinski definition) is 1. The highest BCUT2D eigenvalue weighted by molar-refractivity contribution is 6.13. The van der Waals surface area contributed by atoms with E-state index in [2.05, 4.69) is 55.5 Å². The molecule has 112 valence electrons. The minimum atomic E-state index is 0.171. The van der Waals surface area contributed by atoms with Crippen molar-refractivity contribution in [2.45, 2.75) is 19.8 Å². The van der Waals surface area contributed by atoms with E-state index in [4.69, 9.17) is 0 Å². The van der Waals surface area contributed by atoms with Crippen LogP contribution in [0.1, 0.15) is 43.7 Å². The zero-order valence-corrected chi connectivity index (χ0v) is 13.2. The molecule has 23 heavy (non-hydrogen) atoms. The molecule has 0 unspecified atom stereocenters. The average Bonchev–Trinajstić information content (AvgIpc) is 2.57. The first-order valence-corrected chi connectivity index (χ1v) is 8.01. The third-order valence-electron chi connectivity index (χ3n) is 4.62. The monoisotopic (exact) mass is 298 g/mol. The highest BCUT2D eigenvalue weighted by Gasteiger charge is 2.25. The molecular weight excluding hydrogens is 280 g/mol. The largest absolute Gasteiger partial charge is 0.289 e. The van der Waals surface area contributed by atoms with E-state index >= 15 is 0 Å². The van der Waals surface area contributed by atoms with Crippen molar-refractivity contribution in [2.24, 2.45) is 0 Å². The Kier molecular flexibility index (Phi) is 3.34. The van der Waals surface area contributed by atoms with Crippen LogP contribution >= 0.6 is 0 Å². The van der Waals surface area contributed by atoms with E-state index in [1.165, 1.54) is 11.1 Å². The van der Waals surface area contributed by atoms with Crippen molar-refractivity contribution in [1.82, 2.24) is 0 Å². The highest BCUT2D eigenvalue weighted by atomic mass is 16.1. The van der Waals surface area contributed by atoms with Gasteiger partial charge in [-0.25, -0.2) is 0 Å². The van der Waals surface area contributed by atoms with Crippen molar-refractivity contribution in [3.05, 3.63) is 106 Å². The second-order valence-electron chi connectivity index (χ2n) is 6.28. The molecule has 1 nitrogen and oxygen atoms in total. The van der Waals surface area contributed by atoms with Gasteiger partial charge in [-0.2, -0.15) is 0 Å². The van der Waals surface area contributed by atoms with Crippen molar-refractivity contribution < 1.29 is 4.79 Å². The molecule has 0 spiro atoms. The second-order valence-corrected chi connectivity index (χ2v) is 6.28. The molecule has 0 bridgehead atoms. The van der Waals surface area contributed by atoms with Crippen LogP contribution in [0.2, 0.25) is 0 Å². The molecule has 4 rings (SSSR count). The predicted octanol–water partition coefficient (Wildman–Crippen LogP) is 4.72. The van der Waals surface area contributed by atoms with Gasteiger partial charge in [0, 0.05) is 11.1 Å². The summed E-state index contributed by atoms with van der Waals surface area (Å²) in [7, 11) is 0. The normalized spacial score (nSPS) is 12.7. The zero-order chi connectivity index (χ0) is 15.8. The molecule has 0 N–H and O–H groups in total. The van der Waals surface area contributed by atoms with E-state index in [1.54, 1.807) is 0 Å². The maximum absolute atomic E-state index is 13.0. The summed E-state index contributed by atoms with van der Waals surface area (Å²) in [6.45, 7) is 2.09. The minimum absolute atomic E-state index is 0.171. The molecule has 3 aromatic carbocycles. The van der Waals surface area contributed by atoms with Gasteiger partial charge in [-0.15, -0.1) is 0 Å². The summed E-state index contributed by atoms with van der Waals surface area (Å²) in [6.07, 6.45) is 1.65. The van der Waals surface area contributed by atoms with Gasteiger partial charge in [0.2, 0.25) is 0 Å². The summed E-state index contributed by atoms with van der Waals surface area (Å²) in [5.41, 5.74) is 7.69. The molecule has 0 fully saturated rings. The van der Waals surface area contributed by atoms with Crippen molar-refractivity contribution in [1.29, 1.82) is 0 Å². The molecule has 0 aliphatic heterocycles. The third kappa shape index (κ3) is 2.49. The maximum atomic E-state index is 13.0. The predicted molar refractivity (Wildman–Crippen MR) is 93.1 cm³/mol. The highest BCUT2D eigenvalue weighted by Crippen LogP contribution is 2.30. The van der Waals surface area contributed by atoms with Crippen LogP contribution in [0.25, 0.3) is 0 Å². The Balaban J connectivity index is 1.77. The molecule has 1 aliphatic carbocycles. The van der Waals surface area contributed by atoms with E-state index in [0.717, 1.165) is 40.7 Å². The number of carbonyl (C=O) groups excluding carboxylic acids is 1. The lowest BCUT2D eigenvalue weighted by Crippen LogP contribution is -2.17. The lowest BCUT2D eigenvalue weighted by molar-refractivity contribution is 0.103. The molecular formula is C22H18O. The quantitative estimate of drug-likeness (QED) is 0.523. The van der Waals surface area contributed by atoms with Crippen LogP contribution in [0.3, 0.4) is 0 Å². The average molecular weight is 298 g/mol. The van der Waals surface area contributed by atoms with Gasteiger partial charge < -0.3 is 0 Å². The molecule has 0 aromatic heterocycles. The zero-order valence-electron chi connectivity index (χ0n) is 13.2. The molecule has 0 saturated heterocycles. The van der Waals surface area contributed by atoms with Gasteiger partial charge in [0.1, 0.15) is 0 Å². The number of carbonyl (C=O) groups is 1. The summed E-state index contributed by atoms with van der Waals surface area (Å²) in [5, 5.41) is 0. The lowest BCUT2D eigenvalue weighted by atomic mass is 9.81. The third-order valence-corrected chi connectivity index (χ3v) is 4.62. The maximum Gasteiger partial charge on any atom is 0.193 e. The first kappa shape index (κ1) is 14.0. The van der Waals surface area contributed by atoms with Crippen molar-refractivity contribution in [3.8, 4) is 0 Å². The number of ketones is 1. The Morgan fingerprint density at radius 1 is 0.826 bits per heavy atom. The topological polar surface area (TPSA) is 17.1 Å². The van der Waals surface area contributed by atoms with E-state index < -0.39 is 0 Å². The molecule has 0 heterocycles. The standard InChI is InChI=1S/C22H18O/c1-15-9-11-16(12-10-15)13-18-6-4-7-19-14-17-5-2-3-8-20(17)22(23)21(18)19/h2-12H,13-14H2,1H3. The molecule has 1 heteroatoms. The summed E-state index contributed by atoms with van der Waals surface area (Å²) in [4.78, 5) is 13.0. The van der Waals surface area contributed by atoms with Gasteiger partial charge in [-0.05, 0) is 42.0 Å². The molecule has 1 aliphatic rings. The van der Waals surface area contributed by atoms with Gasteiger partial charge in [0.05, 0.1) is 0 Å². The van der Waals surface area contributed by atoms with Crippen molar-refractivity contribution in [2.75, 3.05) is 0 Å². The van der Waals surface area contributed by atoms with Gasteiger partial charge in [0.25, 0.3) is 0 Å². The fraction of sp³-hybridized carbons (Fsp3) is 0.136. The molecule has 0 radical (unpaired) electrons. The number of fused-ring (bicyclic) bond motifs is 2. The van der Waals surface area contributed by atoms with Crippen LogP contribution in [0.5, 0.6) is 0 Å². The fourth-order valence-electron chi connectivity index (χ4n) is 3.40. The fourth-order valence-corrected chi connectivity index (χ4v) is 3.40. The Hall–Kier alpha value is -2.67. The summed E-state index contributed by atoms with van der Waals surface area (Å²) >= 11 is 0. The van der Waals surface area contributed by atoms with Gasteiger partial charge in [-0.3, -0.25) is 4.79 Å². The smallest absolute Gasteiger partial charge is 0.193 e. The van der Waals surface area contributed by atoms with Gasteiger partial charge >= 0.3 is 0 Å². The molecule has 0 atom stereocenters. The van der Waals surface area contributed by atoms with Gasteiger partial charge in [0.15, 0.2) is 5.78 Å². The number of hydrogen-bond donors (Lipinski definition) is 0.